The fourth-order valence-corrected chi connectivity index (χ4v) is 7.37. The number of carboxylic acids is 1. The summed E-state index contributed by atoms with van der Waals surface area (Å²) in [6.45, 7) is 2.80. The number of ether oxygens (including phenoxy) is 2. The number of nitrogens with two attached hydrogens (primary N) is 1. The molecule has 0 radical (unpaired) electrons. The second-order valence-electron chi connectivity index (χ2n) is 15.9. The summed E-state index contributed by atoms with van der Waals surface area (Å²) in [6.07, 6.45) is 41.4. The number of phosphoric acid groups is 1. The third-order valence-corrected chi connectivity index (χ3v) is 11.2. The molecule has 0 aromatic heterocycles. The van der Waals surface area contributed by atoms with Crippen molar-refractivity contribution in [3.05, 3.63) is 12.2 Å². The number of phosphoric ester groups is 1. The molecule has 0 rings (SSSR count). The van der Waals surface area contributed by atoms with Crippen LogP contribution in [-0.2, 0) is 37.5 Å². The fourth-order valence-electron chi connectivity index (χ4n) is 6.59. The Bertz CT molecular complexity index is 1030. The van der Waals surface area contributed by atoms with Crippen LogP contribution in [0.5, 0.6) is 0 Å². The van der Waals surface area contributed by atoms with Crippen molar-refractivity contribution in [2.24, 2.45) is 5.73 Å². The van der Waals surface area contributed by atoms with Crippen LogP contribution < -0.4 is 5.73 Å². The summed E-state index contributed by atoms with van der Waals surface area (Å²) in [5, 5.41) is 8.89. The van der Waals surface area contributed by atoms with Crippen LogP contribution >= 0.6 is 7.82 Å². The maximum atomic E-state index is 12.6. The summed E-state index contributed by atoms with van der Waals surface area (Å²) in [5.41, 5.74) is 5.33. The van der Waals surface area contributed by atoms with Crippen LogP contribution in [-0.4, -0.2) is 59.9 Å². The number of allylic oxidation sites excluding steroid dienone is 2. The summed E-state index contributed by atoms with van der Waals surface area (Å²) in [6, 6.07) is -1.52. The molecular weight excluding hydrogens is 745 g/mol. The highest BCUT2D eigenvalue weighted by Gasteiger charge is 2.28. The Morgan fingerprint density at radius 1 is 0.526 bits per heavy atom. The predicted octanol–water partition coefficient (Wildman–Crippen LogP) is 12.5. The number of hydrogen-bond acceptors (Lipinski definition) is 9. The van der Waals surface area contributed by atoms with E-state index in [9.17, 15) is 23.8 Å². The molecule has 0 amide bonds. The topological polar surface area (TPSA) is 172 Å². The number of carboxylic acid groups (broad SMARTS) is 1. The molecule has 57 heavy (non-hydrogen) atoms. The molecule has 12 heteroatoms. The Morgan fingerprint density at radius 2 is 0.877 bits per heavy atom. The zero-order valence-corrected chi connectivity index (χ0v) is 37.3. The molecule has 0 heterocycles. The first-order valence-electron chi connectivity index (χ1n) is 23.2. The second kappa shape index (κ2) is 41.0. The van der Waals surface area contributed by atoms with Gasteiger partial charge in [0, 0.05) is 12.8 Å². The average molecular weight is 832 g/mol. The summed E-state index contributed by atoms with van der Waals surface area (Å²) < 4.78 is 32.7. The molecular formula is C45H86NO10P. The van der Waals surface area contributed by atoms with E-state index in [0.717, 1.165) is 57.8 Å². The van der Waals surface area contributed by atoms with Crippen LogP contribution in [0.4, 0.5) is 0 Å². The molecule has 0 spiro atoms. The van der Waals surface area contributed by atoms with Crippen molar-refractivity contribution < 1.29 is 47.5 Å². The van der Waals surface area contributed by atoms with Gasteiger partial charge in [-0.3, -0.25) is 23.4 Å². The van der Waals surface area contributed by atoms with Gasteiger partial charge < -0.3 is 25.2 Å². The van der Waals surface area contributed by atoms with Crippen LogP contribution in [0.2, 0.25) is 0 Å². The van der Waals surface area contributed by atoms with E-state index >= 15 is 0 Å². The maximum absolute atomic E-state index is 12.6. The lowest BCUT2D eigenvalue weighted by Crippen LogP contribution is -2.34. The molecule has 0 aliphatic carbocycles. The maximum Gasteiger partial charge on any atom is 0.472 e. The number of carbonyl (C=O) groups is 3. The van der Waals surface area contributed by atoms with E-state index in [0.29, 0.717) is 12.8 Å². The third-order valence-electron chi connectivity index (χ3n) is 10.3. The zero-order valence-electron chi connectivity index (χ0n) is 36.5. The normalized spacial score (nSPS) is 13.8. The zero-order chi connectivity index (χ0) is 42.1. The van der Waals surface area contributed by atoms with E-state index < -0.39 is 51.1 Å². The Morgan fingerprint density at radius 3 is 1.32 bits per heavy atom. The molecule has 3 atom stereocenters. The Hall–Kier alpha value is -1.78. The molecule has 0 fully saturated rings. The molecule has 4 N–H and O–H groups in total. The minimum atomic E-state index is -4.71. The number of aliphatic carboxylic acids is 1. The SMILES string of the molecule is CCCCC/C=C\CCCCCCCC(=O)OC(COC(=O)CCCCCCCCCCCCCCCCCCCCCCC)COP(=O)(O)OCC(N)C(=O)O. The molecule has 0 aromatic carbocycles. The van der Waals surface area contributed by atoms with Crippen molar-refractivity contribution in [3.8, 4) is 0 Å². The lowest BCUT2D eigenvalue weighted by atomic mass is 10.0. The molecule has 0 aliphatic heterocycles. The van der Waals surface area contributed by atoms with Gasteiger partial charge in [0.05, 0.1) is 13.2 Å². The van der Waals surface area contributed by atoms with Gasteiger partial charge >= 0.3 is 25.7 Å². The highest BCUT2D eigenvalue weighted by molar-refractivity contribution is 7.47. The summed E-state index contributed by atoms with van der Waals surface area (Å²) in [7, 11) is -4.71. The van der Waals surface area contributed by atoms with E-state index in [1.165, 1.54) is 128 Å². The predicted molar refractivity (Wildman–Crippen MR) is 231 cm³/mol. The minimum Gasteiger partial charge on any atom is -0.480 e. The molecule has 336 valence electrons. The van der Waals surface area contributed by atoms with E-state index in [-0.39, 0.29) is 19.4 Å². The summed E-state index contributed by atoms with van der Waals surface area (Å²) in [5.74, 6) is -2.38. The van der Waals surface area contributed by atoms with E-state index in [1.807, 2.05) is 0 Å². The number of carbonyl (C=O) groups excluding carboxylic acids is 2. The van der Waals surface area contributed by atoms with Gasteiger partial charge in [0.25, 0.3) is 0 Å². The first-order valence-corrected chi connectivity index (χ1v) is 24.7. The fraction of sp³-hybridized carbons (Fsp3) is 0.889. The monoisotopic (exact) mass is 832 g/mol. The summed E-state index contributed by atoms with van der Waals surface area (Å²) in [4.78, 5) is 46.0. The number of hydrogen-bond donors (Lipinski definition) is 3. The highest BCUT2D eigenvalue weighted by atomic mass is 31.2. The second-order valence-corrected chi connectivity index (χ2v) is 17.3. The van der Waals surface area contributed by atoms with E-state index in [1.54, 1.807) is 0 Å². The molecule has 11 nitrogen and oxygen atoms in total. The Kier molecular flexibility index (Phi) is 39.7. The molecule has 0 bridgehead atoms. The highest BCUT2D eigenvalue weighted by Crippen LogP contribution is 2.43. The summed E-state index contributed by atoms with van der Waals surface area (Å²) >= 11 is 0. The third kappa shape index (κ3) is 40.8. The van der Waals surface area contributed by atoms with Crippen LogP contribution in [0.1, 0.15) is 226 Å². The largest absolute Gasteiger partial charge is 0.480 e. The Labute approximate surface area is 348 Å². The van der Waals surface area contributed by atoms with E-state index in [2.05, 4.69) is 30.5 Å². The number of unbranched alkanes of at least 4 members (excludes halogenated alkanes) is 28. The van der Waals surface area contributed by atoms with Gasteiger partial charge in [-0.2, -0.15) is 0 Å². The quantitative estimate of drug-likeness (QED) is 0.0231. The Balaban J connectivity index is 4.21. The van der Waals surface area contributed by atoms with Crippen molar-refractivity contribution in [2.45, 2.75) is 238 Å². The van der Waals surface area contributed by atoms with Crippen LogP contribution in [0.3, 0.4) is 0 Å². The van der Waals surface area contributed by atoms with Crippen LogP contribution in [0.15, 0.2) is 12.2 Å². The lowest BCUT2D eigenvalue weighted by molar-refractivity contribution is -0.161. The lowest BCUT2D eigenvalue weighted by Gasteiger charge is -2.20. The molecule has 0 saturated heterocycles. The first kappa shape index (κ1) is 55.2. The molecule has 3 unspecified atom stereocenters. The van der Waals surface area contributed by atoms with Gasteiger partial charge in [-0.05, 0) is 38.5 Å². The van der Waals surface area contributed by atoms with Gasteiger partial charge in [0.15, 0.2) is 6.10 Å². The number of esters is 2. The molecule has 0 saturated carbocycles. The van der Waals surface area contributed by atoms with Crippen molar-refractivity contribution in [2.75, 3.05) is 19.8 Å². The van der Waals surface area contributed by atoms with Crippen molar-refractivity contribution in [3.63, 3.8) is 0 Å². The standard InChI is InChI=1S/C45H86NO10P/c1-3-5-7-9-11-13-15-17-18-19-20-21-22-23-24-25-27-28-30-32-34-36-43(47)53-38-41(39-54-57(51,52)55-40-42(46)45(49)50)56-44(48)37-35-33-31-29-26-16-14-12-10-8-6-4-2/h12,14,41-42H,3-11,13,15-40,46H2,1-2H3,(H,49,50)(H,51,52)/b14-12-. The van der Waals surface area contributed by atoms with Crippen molar-refractivity contribution in [1.82, 2.24) is 0 Å². The van der Waals surface area contributed by atoms with Crippen LogP contribution in [0.25, 0.3) is 0 Å². The average Bonchev–Trinajstić information content (AvgIpc) is 3.19. The van der Waals surface area contributed by atoms with Crippen LogP contribution in [0, 0.1) is 0 Å². The smallest absolute Gasteiger partial charge is 0.472 e. The van der Waals surface area contributed by atoms with Gasteiger partial charge in [-0.1, -0.05) is 187 Å². The van der Waals surface area contributed by atoms with Gasteiger partial charge in [0.2, 0.25) is 0 Å². The molecule has 0 aliphatic rings. The van der Waals surface area contributed by atoms with Crippen molar-refractivity contribution in [1.29, 1.82) is 0 Å². The number of rotatable bonds is 44. The van der Waals surface area contributed by atoms with Gasteiger partial charge in [-0.15, -0.1) is 0 Å². The van der Waals surface area contributed by atoms with Gasteiger partial charge in [0.1, 0.15) is 12.6 Å². The molecule has 0 aromatic rings. The van der Waals surface area contributed by atoms with E-state index in [4.69, 9.17) is 24.8 Å². The van der Waals surface area contributed by atoms with Gasteiger partial charge in [-0.25, -0.2) is 4.57 Å². The van der Waals surface area contributed by atoms with Crippen molar-refractivity contribution >= 4 is 25.7 Å². The first-order chi connectivity index (χ1) is 27.6. The minimum absolute atomic E-state index is 0.155.